The molecule has 0 unspecified atom stereocenters. The number of rotatable bonds is 3. The first-order valence-electron chi connectivity index (χ1n) is 5.94. The smallest absolute Gasteiger partial charge is 0.153 e. The van der Waals surface area contributed by atoms with E-state index in [1.165, 1.54) is 0 Å². The average molecular weight is 270 g/mol. The maximum Gasteiger partial charge on any atom is 0.153 e. The van der Waals surface area contributed by atoms with Crippen LogP contribution in [0.25, 0.3) is 0 Å². The number of hydrogen-bond donors (Lipinski definition) is 1. The predicted molar refractivity (Wildman–Crippen MR) is 70.4 cm³/mol. The largest absolute Gasteiger partial charge is 0.354 e. The SMILES string of the molecule is CNCc1cnc(C)nc1N1CCS(=O)(=O)CC1. The zero-order chi connectivity index (χ0) is 13.2. The number of sulfone groups is 1. The maximum absolute atomic E-state index is 11.4. The molecule has 18 heavy (non-hydrogen) atoms. The van der Waals surface area contributed by atoms with E-state index in [1.807, 2.05) is 18.9 Å². The summed E-state index contributed by atoms with van der Waals surface area (Å²) in [5, 5.41) is 3.07. The molecular weight excluding hydrogens is 252 g/mol. The molecule has 0 atom stereocenters. The van der Waals surface area contributed by atoms with Gasteiger partial charge in [-0.1, -0.05) is 0 Å². The van der Waals surface area contributed by atoms with Crippen molar-refractivity contribution in [1.29, 1.82) is 0 Å². The summed E-state index contributed by atoms with van der Waals surface area (Å²) in [5.74, 6) is 1.97. The van der Waals surface area contributed by atoms with Crippen LogP contribution in [0.2, 0.25) is 0 Å². The van der Waals surface area contributed by atoms with Crippen molar-refractivity contribution in [2.45, 2.75) is 13.5 Å². The van der Waals surface area contributed by atoms with Gasteiger partial charge in [-0.3, -0.25) is 0 Å². The molecule has 2 rings (SSSR count). The number of anilines is 1. The number of hydrogen-bond acceptors (Lipinski definition) is 6. The van der Waals surface area contributed by atoms with E-state index in [9.17, 15) is 8.42 Å². The van der Waals surface area contributed by atoms with Crippen LogP contribution in [0, 0.1) is 6.92 Å². The lowest BCUT2D eigenvalue weighted by Gasteiger charge is -2.29. The van der Waals surface area contributed by atoms with Gasteiger partial charge in [-0.15, -0.1) is 0 Å². The fourth-order valence-corrected chi connectivity index (χ4v) is 3.20. The average Bonchev–Trinajstić information content (AvgIpc) is 2.32. The molecule has 1 saturated heterocycles. The summed E-state index contributed by atoms with van der Waals surface area (Å²) in [4.78, 5) is 10.7. The summed E-state index contributed by atoms with van der Waals surface area (Å²) in [5.41, 5.74) is 1.00. The van der Waals surface area contributed by atoms with Crippen LogP contribution in [0.5, 0.6) is 0 Å². The van der Waals surface area contributed by atoms with E-state index in [-0.39, 0.29) is 11.5 Å². The van der Waals surface area contributed by atoms with Gasteiger partial charge in [0.15, 0.2) is 9.84 Å². The highest BCUT2D eigenvalue weighted by molar-refractivity contribution is 7.91. The third-order valence-electron chi connectivity index (χ3n) is 2.97. The molecule has 1 aromatic heterocycles. The summed E-state index contributed by atoms with van der Waals surface area (Å²) < 4.78 is 22.9. The van der Waals surface area contributed by atoms with Gasteiger partial charge in [0.05, 0.1) is 11.5 Å². The van der Waals surface area contributed by atoms with Crippen molar-refractivity contribution >= 4 is 15.7 Å². The molecule has 7 heteroatoms. The minimum Gasteiger partial charge on any atom is -0.354 e. The second-order valence-corrected chi connectivity index (χ2v) is 6.74. The molecule has 0 spiro atoms. The predicted octanol–water partition coefficient (Wildman–Crippen LogP) is -0.261. The highest BCUT2D eigenvalue weighted by atomic mass is 32.2. The molecule has 0 amide bonds. The molecule has 2 heterocycles. The van der Waals surface area contributed by atoms with Crippen molar-refractivity contribution in [1.82, 2.24) is 15.3 Å². The molecule has 1 fully saturated rings. The van der Waals surface area contributed by atoms with E-state index in [2.05, 4.69) is 15.3 Å². The first-order valence-corrected chi connectivity index (χ1v) is 7.76. The second-order valence-electron chi connectivity index (χ2n) is 4.44. The van der Waals surface area contributed by atoms with Crippen LogP contribution < -0.4 is 10.2 Å². The number of nitrogens with one attached hydrogen (secondary N) is 1. The topological polar surface area (TPSA) is 75.2 Å². The lowest BCUT2D eigenvalue weighted by Crippen LogP contribution is -2.41. The Bertz CT molecular complexity index is 516. The minimum atomic E-state index is -2.86. The minimum absolute atomic E-state index is 0.203. The molecule has 0 saturated carbocycles. The molecule has 0 bridgehead atoms. The molecule has 1 aromatic rings. The Morgan fingerprint density at radius 3 is 2.67 bits per heavy atom. The molecule has 1 aliphatic rings. The lowest BCUT2D eigenvalue weighted by atomic mass is 10.2. The van der Waals surface area contributed by atoms with E-state index < -0.39 is 9.84 Å². The summed E-state index contributed by atoms with van der Waals surface area (Å²) in [6.07, 6.45) is 1.80. The van der Waals surface area contributed by atoms with Crippen molar-refractivity contribution < 1.29 is 8.42 Å². The quantitative estimate of drug-likeness (QED) is 0.815. The van der Waals surface area contributed by atoms with Gasteiger partial charge < -0.3 is 10.2 Å². The monoisotopic (exact) mass is 270 g/mol. The number of aromatic nitrogens is 2. The molecule has 0 radical (unpaired) electrons. The van der Waals surface area contributed by atoms with Crippen LogP contribution >= 0.6 is 0 Å². The van der Waals surface area contributed by atoms with E-state index >= 15 is 0 Å². The van der Waals surface area contributed by atoms with Crippen molar-refractivity contribution in [2.75, 3.05) is 36.5 Å². The Morgan fingerprint density at radius 2 is 2.06 bits per heavy atom. The zero-order valence-electron chi connectivity index (χ0n) is 10.7. The van der Waals surface area contributed by atoms with Crippen molar-refractivity contribution in [3.63, 3.8) is 0 Å². The summed E-state index contributed by atoms with van der Waals surface area (Å²) >= 11 is 0. The fourth-order valence-electron chi connectivity index (χ4n) is 2.00. The first kappa shape index (κ1) is 13.2. The van der Waals surface area contributed by atoms with Crippen LogP contribution in [-0.4, -0.2) is 50.0 Å². The van der Waals surface area contributed by atoms with Gasteiger partial charge in [0.2, 0.25) is 0 Å². The maximum atomic E-state index is 11.4. The number of nitrogens with zero attached hydrogens (tertiary/aromatic N) is 3. The van der Waals surface area contributed by atoms with Crippen LogP contribution in [0.3, 0.4) is 0 Å². The number of aryl methyl sites for hydroxylation is 1. The van der Waals surface area contributed by atoms with Crippen molar-refractivity contribution in [3.05, 3.63) is 17.6 Å². The van der Waals surface area contributed by atoms with Gasteiger partial charge >= 0.3 is 0 Å². The van der Waals surface area contributed by atoms with E-state index in [0.29, 0.717) is 25.5 Å². The highest BCUT2D eigenvalue weighted by Gasteiger charge is 2.24. The van der Waals surface area contributed by atoms with Crippen LogP contribution in [-0.2, 0) is 16.4 Å². The van der Waals surface area contributed by atoms with Gasteiger partial charge in [0, 0.05) is 31.4 Å². The van der Waals surface area contributed by atoms with Gasteiger partial charge in [0.25, 0.3) is 0 Å². The zero-order valence-corrected chi connectivity index (χ0v) is 11.5. The van der Waals surface area contributed by atoms with Gasteiger partial charge in [-0.2, -0.15) is 0 Å². The standard InChI is InChI=1S/C11H18N4O2S/c1-9-13-8-10(7-12-2)11(14-9)15-3-5-18(16,17)6-4-15/h8,12H,3-7H2,1-2H3. The van der Waals surface area contributed by atoms with Crippen molar-refractivity contribution in [2.24, 2.45) is 0 Å². The molecule has 0 aliphatic carbocycles. The molecule has 1 N–H and O–H groups in total. The lowest BCUT2D eigenvalue weighted by molar-refractivity contribution is 0.585. The Balaban J connectivity index is 2.24. The van der Waals surface area contributed by atoms with Crippen LogP contribution in [0.15, 0.2) is 6.20 Å². The van der Waals surface area contributed by atoms with Gasteiger partial charge in [0.1, 0.15) is 11.6 Å². The summed E-state index contributed by atoms with van der Waals surface area (Å²) in [6, 6.07) is 0. The third-order valence-corrected chi connectivity index (χ3v) is 4.58. The highest BCUT2D eigenvalue weighted by Crippen LogP contribution is 2.19. The third kappa shape index (κ3) is 2.97. The Kier molecular flexibility index (Phi) is 3.82. The van der Waals surface area contributed by atoms with Crippen molar-refractivity contribution in [3.8, 4) is 0 Å². The summed E-state index contributed by atoms with van der Waals surface area (Å²) in [7, 11) is -0.994. The Morgan fingerprint density at radius 1 is 1.39 bits per heavy atom. The van der Waals surface area contributed by atoms with Gasteiger partial charge in [-0.25, -0.2) is 18.4 Å². The van der Waals surface area contributed by atoms with Crippen LogP contribution in [0.1, 0.15) is 11.4 Å². The molecule has 1 aliphatic heterocycles. The summed E-state index contributed by atoms with van der Waals surface area (Å²) in [6.45, 7) is 3.54. The second kappa shape index (κ2) is 5.19. The first-order chi connectivity index (χ1) is 8.52. The van der Waals surface area contributed by atoms with E-state index in [4.69, 9.17) is 0 Å². The van der Waals surface area contributed by atoms with E-state index in [0.717, 1.165) is 11.4 Å². The Labute approximate surface area is 107 Å². The van der Waals surface area contributed by atoms with Gasteiger partial charge in [-0.05, 0) is 14.0 Å². The molecule has 6 nitrogen and oxygen atoms in total. The normalized spacial score (nSPS) is 18.9. The van der Waals surface area contributed by atoms with Crippen LogP contribution in [0.4, 0.5) is 5.82 Å². The molecule has 100 valence electrons. The fraction of sp³-hybridized carbons (Fsp3) is 0.636. The van der Waals surface area contributed by atoms with E-state index in [1.54, 1.807) is 6.20 Å². The molecular formula is C11H18N4O2S. The molecule has 0 aromatic carbocycles. The Hall–Kier alpha value is -1.21.